The zero-order valence-electron chi connectivity index (χ0n) is 28.4. The predicted molar refractivity (Wildman–Crippen MR) is 217 cm³/mol. The van der Waals surface area contributed by atoms with Gasteiger partial charge in [-0.3, -0.25) is 0 Å². The summed E-state index contributed by atoms with van der Waals surface area (Å²) in [4.78, 5) is 20.2. The summed E-state index contributed by atoms with van der Waals surface area (Å²) in [6.45, 7) is 0. The summed E-state index contributed by atoms with van der Waals surface area (Å²) in [6, 6.07) is 61.3. The Morgan fingerprint density at radius 2 is 0.904 bits per heavy atom. The SMILES string of the molecule is CSc1cccc(-c2cccc3cc(-c4cc(-c5ccccc5)cc(-c5nc(-c6ccccc6)nc(-c6ccccc6)n5)c4)c4ccccc4c23)n1. The molecular weight excluding hydrogens is 653 g/mol. The van der Waals surface area contributed by atoms with Crippen molar-refractivity contribution < 1.29 is 0 Å². The fourth-order valence-corrected chi connectivity index (χ4v) is 7.34. The Morgan fingerprint density at radius 1 is 0.365 bits per heavy atom. The summed E-state index contributed by atoms with van der Waals surface area (Å²) in [5.41, 5.74) is 9.35. The van der Waals surface area contributed by atoms with Crippen LogP contribution in [0.25, 0.3) is 89.2 Å². The molecule has 246 valence electrons. The molecule has 0 amide bonds. The van der Waals surface area contributed by atoms with Gasteiger partial charge in [-0.1, -0.05) is 140 Å². The van der Waals surface area contributed by atoms with Crippen molar-refractivity contribution in [2.24, 2.45) is 0 Å². The normalized spacial score (nSPS) is 11.2. The molecule has 2 heterocycles. The Balaban J connectivity index is 1.30. The van der Waals surface area contributed by atoms with E-state index in [1.807, 2.05) is 60.7 Å². The van der Waals surface area contributed by atoms with Gasteiger partial charge in [0, 0.05) is 22.3 Å². The minimum absolute atomic E-state index is 0.624. The summed E-state index contributed by atoms with van der Waals surface area (Å²) in [6.07, 6.45) is 2.07. The van der Waals surface area contributed by atoms with Crippen molar-refractivity contribution in [2.75, 3.05) is 6.26 Å². The zero-order valence-corrected chi connectivity index (χ0v) is 29.3. The number of aromatic nitrogens is 4. The van der Waals surface area contributed by atoms with E-state index in [9.17, 15) is 0 Å². The van der Waals surface area contributed by atoms with Gasteiger partial charge in [-0.05, 0) is 86.5 Å². The first-order chi connectivity index (χ1) is 25.7. The molecule has 0 saturated heterocycles. The molecule has 9 aromatic rings. The van der Waals surface area contributed by atoms with Crippen LogP contribution in [0.15, 0.2) is 181 Å². The highest BCUT2D eigenvalue weighted by atomic mass is 32.2. The van der Waals surface area contributed by atoms with E-state index in [-0.39, 0.29) is 0 Å². The third-order valence-electron chi connectivity index (χ3n) is 9.40. The van der Waals surface area contributed by atoms with Gasteiger partial charge >= 0.3 is 0 Å². The van der Waals surface area contributed by atoms with E-state index in [0.29, 0.717) is 17.5 Å². The maximum Gasteiger partial charge on any atom is 0.164 e. The van der Waals surface area contributed by atoms with Gasteiger partial charge in [0.15, 0.2) is 17.5 Å². The van der Waals surface area contributed by atoms with Gasteiger partial charge in [-0.2, -0.15) is 0 Å². The van der Waals surface area contributed by atoms with Crippen LogP contribution in [0.5, 0.6) is 0 Å². The molecule has 0 atom stereocenters. The Labute approximate surface area is 307 Å². The number of thioether (sulfide) groups is 1. The Hall–Kier alpha value is -6.43. The van der Waals surface area contributed by atoms with Gasteiger partial charge in [0.2, 0.25) is 0 Å². The lowest BCUT2D eigenvalue weighted by atomic mass is 9.88. The molecule has 2 aromatic heterocycles. The monoisotopic (exact) mass is 684 g/mol. The second-order valence-corrected chi connectivity index (χ2v) is 13.5. The first-order valence-corrected chi connectivity index (χ1v) is 18.5. The predicted octanol–water partition coefficient (Wildman–Crippen LogP) is 12.3. The van der Waals surface area contributed by atoms with E-state index >= 15 is 0 Å². The van der Waals surface area contributed by atoms with Crippen LogP contribution in [0.4, 0.5) is 0 Å². The Morgan fingerprint density at radius 3 is 1.56 bits per heavy atom. The van der Waals surface area contributed by atoms with Crippen molar-refractivity contribution in [3.05, 3.63) is 176 Å². The van der Waals surface area contributed by atoms with Gasteiger partial charge in [-0.15, -0.1) is 11.8 Å². The van der Waals surface area contributed by atoms with Gasteiger partial charge in [0.1, 0.15) is 0 Å². The second-order valence-electron chi connectivity index (χ2n) is 12.6. The number of nitrogens with zero attached hydrogens (tertiary/aromatic N) is 4. The molecule has 0 aliphatic rings. The third-order valence-corrected chi connectivity index (χ3v) is 10.0. The molecule has 0 bridgehead atoms. The number of benzene rings is 7. The van der Waals surface area contributed by atoms with Crippen LogP contribution >= 0.6 is 11.8 Å². The molecule has 7 aromatic carbocycles. The van der Waals surface area contributed by atoms with Gasteiger partial charge < -0.3 is 0 Å². The molecule has 4 nitrogen and oxygen atoms in total. The highest BCUT2D eigenvalue weighted by molar-refractivity contribution is 7.98. The molecular formula is C47H32N4S. The number of fused-ring (bicyclic) bond motifs is 3. The summed E-state index contributed by atoms with van der Waals surface area (Å²) < 4.78 is 0. The van der Waals surface area contributed by atoms with Crippen molar-refractivity contribution in [1.82, 2.24) is 19.9 Å². The lowest BCUT2D eigenvalue weighted by molar-refractivity contribution is 1.07. The van der Waals surface area contributed by atoms with Gasteiger partial charge in [-0.25, -0.2) is 19.9 Å². The highest BCUT2D eigenvalue weighted by Gasteiger charge is 2.18. The largest absolute Gasteiger partial charge is 0.241 e. The quantitative estimate of drug-likeness (QED) is 0.124. The van der Waals surface area contributed by atoms with E-state index in [2.05, 4.69) is 122 Å². The summed E-state index contributed by atoms with van der Waals surface area (Å²) in [7, 11) is 0. The molecule has 0 aliphatic heterocycles. The molecule has 0 radical (unpaired) electrons. The van der Waals surface area contributed by atoms with Crippen molar-refractivity contribution in [3.63, 3.8) is 0 Å². The second kappa shape index (κ2) is 13.7. The minimum Gasteiger partial charge on any atom is -0.241 e. The Kier molecular flexibility index (Phi) is 8.31. The smallest absolute Gasteiger partial charge is 0.164 e. The number of hydrogen-bond acceptors (Lipinski definition) is 5. The fraction of sp³-hybridized carbons (Fsp3) is 0.0213. The first kappa shape index (κ1) is 31.5. The molecule has 52 heavy (non-hydrogen) atoms. The summed E-state index contributed by atoms with van der Waals surface area (Å²) in [5.74, 6) is 1.90. The molecule has 5 heteroatoms. The molecule has 0 saturated carbocycles. The van der Waals surface area contributed by atoms with Gasteiger partial charge in [0.25, 0.3) is 0 Å². The molecule has 0 aliphatic carbocycles. The van der Waals surface area contributed by atoms with Crippen LogP contribution in [0.2, 0.25) is 0 Å². The zero-order chi connectivity index (χ0) is 34.9. The summed E-state index contributed by atoms with van der Waals surface area (Å²) >= 11 is 1.66. The molecule has 0 fully saturated rings. The van der Waals surface area contributed by atoms with E-state index in [1.54, 1.807) is 11.8 Å². The van der Waals surface area contributed by atoms with Crippen LogP contribution in [0.3, 0.4) is 0 Å². The fourth-order valence-electron chi connectivity index (χ4n) is 6.94. The molecule has 0 spiro atoms. The van der Waals surface area contributed by atoms with Crippen molar-refractivity contribution in [2.45, 2.75) is 5.03 Å². The molecule has 0 unspecified atom stereocenters. The average Bonchev–Trinajstić information content (AvgIpc) is 3.23. The van der Waals surface area contributed by atoms with Crippen molar-refractivity contribution in [1.29, 1.82) is 0 Å². The van der Waals surface area contributed by atoms with E-state index in [1.165, 1.54) is 16.2 Å². The third kappa shape index (κ3) is 6.02. The topological polar surface area (TPSA) is 51.6 Å². The maximum absolute atomic E-state index is 5.11. The maximum atomic E-state index is 5.11. The first-order valence-electron chi connectivity index (χ1n) is 17.3. The van der Waals surface area contributed by atoms with E-state index in [4.69, 9.17) is 19.9 Å². The molecule has 9 rings (SSSR count). The standard InChI is InChI=1S/C47H32N4S/c1-52-43-26-14-25-42(48-43)40-24-13-21-34-30-41(38-22-11-12-23-39(38)44(34)40)36-27-35(31-15-5-2-6-16-31)28-37(29-36)47-50-45(32-17-7-3-8-18-32)49-46(51-47)33-19-9-4-10-20-33/h2-30H,1H3. The van der Waals surface area contributed by atoms with Crippen LogP contribution < -0.4 is 0 Å². The van der Waals surface area contributed by atoms with Crippen molar-refractivity contribution in [3.8, 4) is 67.7 Å². The lowest BCUT2D eigenvalue weighted by Gasteiger charge is -2.16. The van der Waals surface area contributed by atoms with Gasteiger partial charge in [0.05, 0.1) is 10.7 Å². The summed E-state index contributed by atoms with van der Waals surface area (Å²) in [5, 5.41) is 5.72. The van der Waals surface area contributed by atoms with Crippen LogP contribution in [0, 0.1) is 0 Å². The van der Waals surface area contributed by atoms with Crippen LogP contribution in [-0.4, -0.2) is 26.2 Å². The van der Waals surface area contributed by atoms with Crippen LogP contribution in [-0.2, 0) is 0 Å². The molecule has 0 N–H and O–H groups in total. The lowest BCUT2D eigenvalue weighted by Crippen LogP contribution is -2.00. The van der Waals surface area contributed by atoms with E-state index < -0.39 is 0 Å². The highest BCUT2D eigenvalue weighted by Crippen LogP contribution is 2.41. The Bertz CT molecular complexity index is 2660. The number of hydrogen-bond donors (Lipinski definition) is 0. The number of pyridine rings is 1. The van der Waals surface area contributed by atoms with E-state index in [0.717, 1.165) is 60.6 Å². The van der Waals surface area contributed by atoms with Crippen molar-refractivity contribution >= 4 is 33.3 Å². The number of rotatable bonds is 7. The average molecular weight is 685 g/mol. The minimum atomic E-state index is 0.624. The van der Waals surface area contributed by atoms with Crippen LogP contribution in [0.1, 0.15) is 0 Å².